The van der Waals surface area contributed by atoms with Crippen LogP contribution in [0.15, 0.2) is 35.1 Å². The summed E-state index contributed by atoms with van der Waals surface area (Å²) in [5.41, 5.74) is 7.74. The van der Waals surface area contributed by atoms with E-state index in [4.69, 9.17) is 5.73 Å². The molecule has 0 aliphatic carbocycles. The van der Waals surface area contributed by atoms with Gasteiger partial charge in [-0.1, -0.05) is 38.1 Å². The lowest BCUT2D eigenvalue weighted by molar-refractivity contribution is 0.754. The minimum Gasteiger partial charge on any atom is -0.355 e. The Hall–Kier alpha value is -2.14. The van der Waals surface area contributed by atoms with Crippen LogP contribution in [-0.4, -0.2) is 17.0 Å². The summed E-state index contributed by atoms with van der Waals surface area (Å²) in [6.45, 7) is 5.25. The van der Waals surface area contributed by atoms with Gasteiger partial charge in [0.15, 0.2) is 0 Å². The van der Waals surface area contributed by atoms with Crippen LogP contribution >= 0.6 is 0 Å². The van der Waals surface area contributed by atoms with Crippen LogP contribution in [-0.2, 0) is 13.1 Å². The molecule has 0 aliphatic rings. The molecule has 0 saturated heterocycles. The Balaban J connectivity index is 2.19. The second-order valence-electron chi connectivity index (χ2n) is 5.52. The van der Waals surface area contributed by atoms with Gasteiger partial charge >= 0.3 is 0 Å². The van der Waals surface area contributed by atoms with Gasteiger partial charge in [0.05, 0.1) is 0 Å². The van der Waals surface area contributed by atoms with Gasteiger partial charge in [0, 0.05) is 32.1 Å². The zero-order valence-electron chi connectivity index (χ0n) is 12.8. The highest BCUT2D eigenvalue weighted by Crippen LogP contribution is 2.14. The molecule has 0 radical (unpaired) electrons. The number of anilines is 1. The molecule has 1 heterocycles. The van der Waals surface area contributed by atoms with Crippen molar-refractivity contribution < 1.29 is 0 Å². The average molecular weight is 286 g/mol. The Morgan fingerprint density at radius 3 is 2.43 bits per heavy atom. The number of hydrogen-bond donors (Lipinski definition) is 2. The molecule has 5 nitrogen and oxygen atoms in total. The van der Waals surface area contributed by atoms with Gasteiger partial charge in [-0.15, -0.1) is 0 Å². The molecule has 3 N–H and O–H groups in total. The molecule has 0 unspecified atom stereocenters. The summed E-state index contributed by atoms with van der Waals surface area (Å²) >= 11 is 0. The van der Waals surface area contributed by atoms with Gasteiger partial charge in [0.25, 0.3) is 5.56 Å². The Morgan fingerprint density at radius 2 is 1.86 bits per heavy atom. The van der Waals surface area contributed by atoms with E-state index >= 15 is 0 Å². The van der Waals surface area contributed by atoms with E-state index in [1.54, 1.807) is 0 Å². The van der Waals surface area contributed by atoms with Gasteiger partial charge in [-0.3, -0.25) is 4.79 Å². The molecule has 0 aliphatic heterocycles. The first-order chi connectivity index (χ1) is 9.99. The van der Waals surface area contributed by atoms with Gasteiger partial charge in [-0.05, 0) is 11.1 Å². The molecular weight excluding hydrogens is 264 g/mol. The van der Waals surface area contributed by atoms with E-state index in [0.29, 0.717) is 24.7 Å². The van der Waals surface area contributed by atoms with Crippen molar-refractivity contribution in [1.82, 2.24) is 9.97 Å². The quantitative estimate of drug-likeness (QED) is 0.881. The first kappa shape index (κ1) is 15.3. The van der Waals surface area contributed by atoms with Crippen LogP contribution in [0.25, 0.3) is 0 Å². The van der Waals surface area contributed by atoms with E-state index in [2.05, 4.69) is 22.1 Å². The van der Waals surface area contributed by atoms with Crippen molar-refractivity contribution in [2.75, 3.05) is 11.9 Å². The van der Waals surface area contributed by atoms with Gasteiger partial charge in [0.1, 0.15) is 11.6 Å². The van der Waals surface area contributed by atoms with Crippen LogP contribution in [0.4, 0.5) is 5.82 Å². The molecular formula is C16H22N4O. The molecule has 0 amide bonds. The Morgan fingerprint density at radius 1 is 1.24 bits per heavy atom. The lowest BCUT2D eigenvalue weighted by Crippen LogP contribution is -2.22. The van der Waals surface area contributed by atoms with Crippen LogP contribution in [0.5, 0.6) is 0 Å². The van der Waals surface area contributed by atoms with E-state index in [-0.39, 0.29) is 11.5 Å². The monoisotopic (exact) mass is 286 g/mol. The number of nitrogens with zero attached hydrogens (tertiary/aromatic N) is 2. The first-order valence-corrected chi connectivity index (χ1v) is 7.10. The lowest BCUT2D eigenvalue weighted by Gasteiger charge is -2.19. The fourth-order valence-corrected chi connectivity index (χ4v) is 2.07. The molecule has 1 aromatic heterocycles. The third kappa shape index (κ3) is 3.92. The van der Waals surface area contributed by atoms with E-state index in [1.807, 2.05) is 37.9 Å². The van der Waals surface area contributed by atoms with Crippen LogP contribution in [0, 0.1) is 0 Å². The highest BCUT2D eigenvalue weighted by molar-refractivity contribution is 5.38. The molecule has 21 heavy (non-hydrogen) atoms. The fourth-order valence-electron chi connectivity index (χ4n) is 2.07. The zero-order chi connectivity index (χ0) is 15.4. The Labute approximate surface area is 124 Å². The minimum atomic E-state index is -0.117. The molecule has 2 aromatic rings. The predicted octanol–water partition coefficient (Wildman–Crippen LogP) is 1.99. The molecule has 5 heteroatoms. The second-order valence-corrected chi connectivity index (χ2v) is 5.52. The van der Waals surface area contributed by atoms with Crippen molar-refractivity contribution in [1.29, 1.82) is 0 Å². The first-order valence-electron chi connectivity index (χ1n) is 7.10. The molecule has 0 fully saturated rings. The summed E-state index contributed by atoms with van der Waals surface area (Å²) in [6, 6.07) is 9.67. The Kier molecular flexibility index (Phi) is 4.75. The van der Waals surface area contributed by atoms with Gasteiger partial charge in [0.2, 0.25) is 0 Å². The molecule has 0 saturated carbocycles. The highest BCUT2D eigenvalue weighted by Gasteiger charge is 2.09. The third-order valence-corrected chi connectivity index (χ3v) is 3.36. The van der Waals surface area contributed by atoms with Crippen LogP contribution in [0.3, 0.4) is 0 Å². The van der Waals surface area contributed by atoms with Crippen LogP contribution in [0.2, 0.25) is 0 Å². The van der Waals surface area contributed by atoms with E-state index in [0.717, 1.165) is 11.1 Å². The number of H-pyrrole nitrogens is 1. The number of benzene rings is 1. The Bertz CT molecular complexity index is 646. The summed E-state index contributed by atoms with van der Waals surface area (Å²) in [5.74, 6) is 1.59. The SMILES string of the molecule is CC(C)c1nc(N(C)Cc2ccc(CN)cc2)cc(=O)[nH]1. The summed E-state index contributed by atoms with van der Waals surface area (Å²) in [7, 11) is 1.93. The van der Waals surface area contributed by atoms with Gasteiger partial charge < -0.3 is 15.6 Å². The van der Waals surface area contributed by atoms with E-state index < -0.39 is 0 Å². The van der Waals surface area contributed by atoms with Crippen molar-refractivity contribution in [2.24, 2.45) is 5.73 Å². The van der Waals surface area contributed by atoms with E-state index in [1.165, 1.54) is 6.07 Å². The maximum absolute atomic E-state index is 11.7. The molecule has 0 atom stereocenters. The van der Waals surface area contributed by atoms with Crippen molar-refractivity contribution in [3.63, 3.8) is 0 Å². The number of hydrogen-bond acceptors (Lipinski definition) is 4. The van der Waals surface area contributed by atoms with Gasteiger partial charge in [-0.2, -0.15) is 0 Å². The number of aromatic amines is 1. The number of nitrogens with one attached hydrogen (secondary N) is 1. The number of aromatic nitrogens is 2. The maximum Gasteiger partial charge on any atom is 0.252 e. The summed E-state index contributed by atoms with van der Waals surface area (Å²) < 4.78 is 0. The van der Waals surface area contributed by atoms with Gasteiger partial charge in [-0.25, -0.2) is 4.98 Å². The summed E-state index contributed by atoms with van der Waals surface area (Å²) in [4.78, 5) is 21.0. The zero-order valence-corrected chi connectivity index (χ0v) is 12.8. The topological polar surface area (TPSA) is 75.0 Å². The number of nitrogens with two attached hydrogens (primary N) is 1. The van der Waals surface area contributed by atoms with Crippen LogP contribution < -0.4 is 16.2 Å². The number of rotatable bonds is 5. The third-order valence-electron chi connectivity index (χ3n) is 3.36. The second kappa shape index (κ2) is 6.54. The van der Waals surface area contributed by atoms with Crippen molar-refractivity contribution >= 4 is 5.82 Å². The normalized spacial score (nSPS) is 10.9. The lowest BCUT2D eigenvalue weighted by atomic mass is 10.1. The fraction of sp³-hybridized carbons (Fsp3) is 0.375. The van der Waals surface area contributed by atoms with Crippen molar-refractivity contribution in [3.8, 4) is 0 Å². The molecule has 112 valence electrons. The largest absolute Gasteiger partial charge is 0.355 e. The average Bonchev–Trinajstić information content (AvgIpc) is 2.47. The molecule has 0 spiro atoms. The minimum absolute atomic E-state index is 0.117. The summed E-state index contributed by atoms with van der Waals surface area (Å²) in [5, 5.41) is 0. The van der Waals surface area contributed by atoms with Crippen molar-refractivity contribution in [2.45, 2.75) is 32.9 Å². The molecule has 2 rings (SSSR count). The predicted molar refractivity (Wildman–Crippen MR) is 85.4 cm³/mol. The smallest absolute Gasteiger partial charge is 0.252 e. The summed E-state index contributed by atoms with van der Waals surface area (Å²) in [6.07, 6.45) is 0. The standard InChI is InChI=1S/C16H22N4O/c1-11(2)16-18-14(8-15(21)19-16)20(3)10-13-6-4-12(9-17)5-7-13/h4-8,11H,9-10,17H2,1-3H3,(H,18,19,21). The molecule has 0 bridgehead atoms. The maximum atomic E-state index is 11.7. The van der Waals surface area contributed by atoms with Crippen LogP contribution in [0.1, 0.15) is 36.7 Å². The van der Waals surface area contributed by atoms with Crippen molar-refractivity contribution in [3.05, 3.63) is 57.6 Å². The highest BCUT2D eigenvalue weighted by atomic mass is 16.1. The van der Waals surface area contributed by atoms with E-state index in [9.17, 15) is 4.79 Å². The molecule has 1 aromatic carbocycles.